The van der Waals surface area contributed by atoms with Gasteiger partial charge in [-0.25, -0.2) is 4.98 Å². The third-order valence-corrected chi connectivity index (χ3v) is 3.55. The molecule has 0 radical (unpaired) electrons. The van der Waals surface area contributed by atoms with Gasteiger partial charge in [-0.3, -0.25) is 0 Å². The molecule has 0 atom stereocenters. The number of unbranched alkanes of at least 4 members (excludes halogenated alkanes) is 1. The van der Waals surface area contributed by atoms with E-state index in [1.165, 1.54) is 0 Å². The van der Waals surface area contributed by atoms with Crippen molar-refractivity contribution in [1.82, 2.24) is 15.3 Å². The number of aromatic nitrogens is 2. The van der Waals surface area contributed by atoms with E-state index in [-0.39, 0.29) is 0 Å². The monoisotopic (exact) mass is 279 g/mol. The first-order valence-electron chi connectivity index (χ1n) is 7.42. The van der Waals surface area contributed by atoms with Crippen LogP contribution in [0.5, 0.6) is 5.75 Å². The SMILES string of the molecule is CCCCc1nc(N)nc(N2CCCNCC2)c1OC. The highest BCUT2D eigenvalue weighted by atomic mass is 16.5. The summed E-state index contributed by atoms with van der Waals surface area (Å²) in [4.78, 5) is 11.0. The van der Waals surface area contributed by atoms with Crippen molar-refractivity contribution in [2.45, 2.75) is 32.6 Å². The summed E-state index contributed by atoms with van der Waals surface area (Å²) in [6.07, 6.45) is 4.17. The van der Waals surface area contributed by atoms with E-state index in [1.54, 1.807) is 7.11 Å². The highest BCUT2D eigenvalue weighted by Gasteiger charge is 2.20. The number of nitrogens with two attached hydrogens (primary N) is 1. The molecular weight excluding hydrogens is 254 g/mol. The molecule has 0 unspecified atom stereocenters. The summed E-state index contributed by atoms with van der Waals surface area (Å²) in [6.45, 7) is 6.05. The topological polar surface area (TPSA) is 76.3 Å². The first-order chi connectivity index (χ1) is 9.76. The second kappa shape index (κ2) is 7.28. The fraction of sp³-hybridized carbons (Fsp3) is 0.714. The van der Waals surface area contributed by atoms with Gasteiger partial charge < -0.3 is 20.7 Å². The third-order valence-electron chi connectivity index (χ3n) is 3.55. The molecule has 1 fully saturated rings. The molecule has 3 N–H and O–H groups in total. The van der Waals surface area contributed by atoms with E-state index in [2.05, 4.69) is 27.1 Å². The zero-order valence-electron chi connectivity index (χ0n) is 12.5. The van der Waals surface area contributed by atoms with Gasteiger partial charge in [0.25, 0.3) is 0 Å². The lowest BCUT2D eigenvalue weighted by molar-refractivity contribution is 0.403. The fourth-order valence-corrected chi connectivity index (χ4v) is 2.50. The van der Waals surface area contributed by atoms with Crippen molar-refractivity contribution >= 4 is 11.8 Å². The van der Waals surface area contributed by atoms with Gasteiger partial charge in [0.05, 0.1) is 12.8 Å². The summed E-state index contributed by atoms with van der Waals surface area (Å²) in [5.74, 6) is 1.97. The van der Waals surface area contributed by atoms with Crippen molar-refractivity contribution < 1.29 is 4.74 Å². The van der Waals surface area contributed by atoms with E-state index >= 15 is 0 Å². The van der Waals surface area contributed by atoms with Gasteiger partial charge in [-0.2, -0.15) is 4.98 Å². The molecule has 1 aliphatic rings. The minimum absolute atomic E-state index is 0.337. The Morgan fingerprint density at radius 2 is 2.15 bits per heavy atom. The molecule has 1 saturated heterocycles. The van der Waals surface area contributed by atoms with Crippen LogP contribution >= 0.6 is 0 Å². The number of hydrogen-bond donors (Lipinski definition) is 2. The molecule has 0 aliphatic carbocycles. The maximum absolute atomic E-state index is 5.88. The van der Waals surface area contributed by atoms with Crippen molar-refractivity contribution in [1.29, 1.82) is 0 Å². The molecule has 1 aromatic heterocycles. The summed E-state index contributed by atoms with van der Waals surface area (Å²) in [7, 11) is 1.68. The number of ether oxygens (including phenoxy) is 1. The number of methoxy groups -OCH3 is 1. The zero-order chi connectivity index (χ0) is 14.4. The van der Waals surface area contributed by atoms with Gasteiger partial charge in [0.2, 0.25) is 5.95 Å². The predicted molar refractivity (Wildman–Crippen MR) is 81.3 cm³/mol. The third kappa shape index (κ3) is 3.50. The van der Waals surface area contributed by atoms with Crippen molar-refractivity contribution in [3.8, 4) is 5.75 Å². The quantitative estimate of drug-likeness (QED) is 0.843. The van der Waals surface area contributed by atoms with Crippen LogP contribution in [0.4, 0.5) is 11.8 Å². The highest BCUT2D eigenvalue weighted by molar-refractivity contribution is 5.57. The first kappa shape index (κ1) is 14.8. The lowest BCUT2D eigenvalue weighted by atomic mass is 10.2. The Morgan fingerprint density at radius 3 is 2.90 bits per heavy atom. The second-order valence-corrected chi connectivity index (χ2v) is 5.08. The van der Waals surface area contributed by atoms with Gasteiger partial charge >= 0.3 is 0 Å². The normalized spacial score (nSPS) is 16.0. The van der Waals surface area contributed by atoms with Crippen LogP contribution in [0.15, 0.2) is 0 Å². The van der Waals surface area contributed by atoms with Crippen molar-refractivity contribution in [3.05, 3.63) is 5.69 Å². The largest absolute Gasteiger partial charge is 0.491 e. The predicted octanol–water partition coefficient (Wildman–Crippen LogP) is 1.21. The first-order valence-corrected chi connectivity index (χ1v) is 7.42. The number of hydrogen-bond acceptors (Lipinski definition) is 6. The molecule has 0 amide bonds. The van der Waals surface area contributed by atoms with Crippen LogP contribution in [0.2, 0.25) is 0 Å². The zero-order valence-corrected chi connectivity index (χ0v) is 12.5. The number of aryl methyl sites for hydroxylation is 1. The van der Waals surface area contributed by atoms with E-state index in [4.69, 9.17) is 10.5 Å². The average Bonchev–Trinajstić information content (AvgIpc) is 2.73. The Kier molecular flexibility index (Phi) is 5.40. The van der Waals surface area contributed by atoms with Crippen LogP contribution in [0, 0.1) is 0 Å². The van der Waals surface area contributed by atoms with E-state index in [0.717, 1.165) is 69.1 Å². The summed E-state index contributed by atoms with van der Waals surface area (Å²) in [5.41, 5.74) is 6.81. The van der Waals surface area contributed by atoms with Gasteiger partial charge in [0.1, 0.15) is 0 Å². The molecule has 0 saturated carbocycles. The molecule has 1 aliphatic heterocycles. The number of rotatable bonds is 5. The molecular formula is C14H25N5O. The minimum atomic E-state index is 0.337. The van der Waals surface area contributed by atoms with E-state index in [0.29, 0.717) is 5.95 Å². The van der Waals surface area contributed by atoms with Crippen LogP contribution in [0.3, 0.4) is 0 Å². The van der Waals surface area contributed by atoms with Crippen LogP contribution < -0.4 is 20.7 Å². The summed E-state index contributed by atoms with van der Waals surface area (Å²) >= 11 is 0. The van der Waals surface area contributed by atoms with Crippen LogP contribution in [0.25, 0.3) is 0 Å². The highest BCUT2D eigenvalue weighted by Crippen LogP contribution is 2.31. The molecule has 6 heteroatoms. The molecule has 0 spiro atoms. The summed E-state index contributed by atoms with van der Waals surface area (Å²) < 4.78 is 5.58. The smallest absolute Gasteiger partial charge is 0.222 e. The number of nitrogen functional groups attached to an aromatic ring is 1. The molecule has 112 valence electrons. The molecule has 0 aromatic carbocycles. The average molecular weight is 279 g/mol. The Labute approximate surface area is 120 Å². The molecule has 6 nitrogen and oxygen atoms in total. The molecule has 20 heavy (non-hydrogen) atoms. The van der Waals surface area contributed by atoms with Gasteiger partial charge in [0.15, 0.2) is 11.6 Å². The van der Waals surface area contributed by atoms with Crippen molar-refractivity contribution in [3.63, 3.8) is 0 Å². The van der Waals surface area contributed by atoms with Crippen LogP contribution in [-0.4, -0.2) is 43.3 Å². The number of anilines is 2. The summed E-state index contributed by atoms with van der Waals surface area (Å²) in [5, 5.41) is 3.39. The van der Waals surface area contributed by atoms with Crippen LogP contribution in [-0.2, 0) is 6.42 Å². The minimum Gasteiger partial charge on any atom is -0.491 e. The second-order valence-electron chi connectivity index (χ2n) is 5.08. The van der Waals surface area contributed by atoms with Gasteiger partial charge in [0, 0.05) is 19.6 Å². The Bertz CT molecular complexity index is 430. The lowest BCUT2D eigenvalue weighted by Crippen LogP contribution is -2.29. The maximum Gasteiger partial charge on any atom is 0.222 e. The number of nitrogens with zero attached hydrogens (tertiary/aromatic N) is 3. The maximum atomic E-state index is 5.88. The van der Waals surface area contributed by atoms with E-state index in [9.17, 15) is 0 Å². The fourth-order valence-electron chi connectivity index (χ4n) is 2.50. The molecule has 2 heterocycles. The van der Waals surface area contributed by atoms with Crippen LogP contribution in [0.1, 0.15) is 31.9 Å². The molecule has 2 rings (SSSR count). The lowest BCUT2D eigenvalue weighted by Gasteiger charge is -2.24. The van der Waals surface area contributed by atoms with E-state index in [1.807, 2.05) is 0 Å². The number of nitrogens with one attached hydrogen (secondary N) is 1. The Morgan fingerprint density at radius 1 is 1.30 bits per heavy atom. The Hall–Kier alpha value is -1.56. The van der Waals surface area contributed by atoms with Gasteiger partial charge in [-0.1, -0.05) is 13.3 Å². The molecule has 1 aromatic rings. The van der Waals surface area contributed by atoms with E-state index < -0.39 is 0 Å². The van der Waals surface area contributed by atoms with Crippen molar-refractivity contribution in [2.75, 3.05) is 43.9 Å². The standard InChI is InChI=1S/C14H25N5O/c1-3-4-6-11-12(20-2)13(18-14(15)17-11)19-9-5-7-16-8-10-19/h16H,3-10H2,1-2H3,(H2,15,17,18). The van der Waals surface area contributed by atoms with Gasteiger partial charge in [-0.05, 0) is 25.8 Å². The molecule has 0 bridgehead atoms. The summed E-state index contributed by atoms with van der Waals surface area (Å²) in [6, 6.07) is 0. The van der Waals surface area contributed by atoms with Crippen molar-refractivity contribution in [2.24, 2.45) is 0 Å². The Balaban J connectivity index is 2.31. The van der Waals surface area contributed by atoms with Gasteiger partial charge in [-0.15, -0.1) is 0 Å².